The minimum absolute atomic E-state index is 0.212. The number of amides is 1. The van der Waals surface area contributed by atoms with Gasteiger partial charge >= 0.3 is 0 Å². The van der Waals surface area contributed by atoms with E-state index in [1.54, 1.807) is 22.7 Å². The number of halogens is 1. The standard InChI is InChI=1S/C21H16FN9O2/c22-16-1-2-17-12(3-4-33-17)14(16)6-24-21-25-7-15(20-29-27-10-30(20)21)13-5-11(18(23)32)8-31-19(13)26-9-28-31/h1-2,5,7-10H,3-4,6H2,(H2,23,32)(H,24,25). The average Bonchev–Trinajstić information content (AvgIpc) is 3.57. The van der Waals surface area contributed by atoms with E-state index in [4.69, 9.17) is 10.5 Å². The van der Waals surface area contributed by atoms with Gasteiger partial charge in [-0.15, -0.1) is 10.2 Å². The van der Waals surface area contributed by atoms with Crippen LogP contribution in [-0.2, 0) is 13.0 Å². The molecule has 1 aliphatic rings. The molecule has 0 radical (unpaired) electrons. The molecule has 0 fully saturated rings. The molecule has 0 spiro atoms. The first kappa shape index (κ1) is 19.1. The molecule has 0 aliphatic carbocycles. The van der Waals surface area contributed by atoms with Gasteiger partial charge < -0.3 is 15.8 Å². The second-order valence-corrected chi connectivity index (χ2v) is 7.51. The number of carbonyl (C=O) groups is 1. The molecule has 33 heavy (non-hydrogen) atoms. The molecule has 0 atom stereocenters. The van der Waals surface area contributed by atoms with E-state index in [-0.39, 0.29) is 17.9 Å². The Hall–Kier alpha value is -4.61. The first-order valence-electron chi connectivity index (χ1n) is 10.1. The molecule has 1 aromatic carbocycles. The molecular formula is C21H16FN9O2. The highest BCUT2D eigenvalue weighted by Gasteiger charge is 2.21. The van der Waals surface area contributed by atoms with Gasteiger partial charge in [-0.2, -0.15) is 5.10 Å². The highest BCUT2D eigenvalue weighted by atomic mass is 19.1. The summed E-state index contributed by atoms with van der Waals surface area (Å²) in [7, 11) is 0. The molecule has 0 unspecified atom stereocenters. The van der Waals surface area contributed by atoms with Crippen molar-refractivity contribution in [1.82, 2.24) is 34.2 Å². The maximum Gasteiger partial charge on any atom is 0.250 e. The van der Waals surface area contributed by atoms with Crippen molar-refractivity contribution in [3.8, 4) is 16.9 Å². The van der Waals surface area contributed by atoms with Gasteiger partial charge in [0.05, 0.1) is 12.2 Å². The van der Waals surface area contributed by atoms with Crippen LogP contribution in [-0.4, -0.2) is 46.7 Å². The van der Waals surface area contributed by atoms with Crippen LogP contribution in [0.2, 0.25) is 0 Å². The van der Waals surface area contributed by atoms with Gasteiger partial charge in [-0.1, -0.05) is 0 Å². The lowest BCUT2D eigenvalue weighted by Crippen LogP contribution is -2.13. The molecule has 5 aromatic rings. The molecule has 1 aliphatic heterocycles. The van der Waals surface area contributed by atoms with E-state index < -0.39 is 5.91 Å². The van der Waals surface area contributed by atoms with Gasteiger partial charge in [0, 0.05) is 47.6 Å². The number of hydrogen-bond donors (Lipinski definition) is 2. The number of carbonyl (C=O) groups excluding carboxylic acids is 1. The van der Waals surface area contributed by atoms with E-state index in [2.05, 4.69) is 30.6 Å². The van der Waals surface area contributed by atoms with E-state index in [1.807, 2.05) is 0 Å². The van der Waals surface area contributed by atoms with Crippen molar-refractivity contribution >= 4 is 23.1 Å². The van der Waals surface area contributed by atoms with Crippen molar-refractivity contribution in [1.29, 1.82) is 0 Å². The van der Waals surface area contributed by atoms with Gasteiger partial charge in [-0.05, 0) is 18.2 Å². The fourth-order valence-electron chi connectivity index (χ4n) is 4.07. The van der Waals surface area contributed by atoms with E-state index >= 15 is 0 Å². The zero-order chi connectivity index (χ0) is 22.5. The first-order chi connectivity index (χ1) is 16.1. The van der Waals surface area contributed by atoms with Gasteiger partial charge in [0.15, 0.2) is 11.3 Å². The van der Waals surface area contributed by atoms with Crippen LogP contribution < -0.4 is 15.8 Å². The number of aromatic nitrogens is 7. The minimum Gasteiger partial charge on any atom is -0.493 e. The number of fused-ring (bicyclic) bond motifs is 3. The number of hydrogen-bond acceptors (Lipinski definition) is 8. The van der Waals surface area contributed by atoms with Crippen LogP contribution in [0, 0.1) is 5.82 Å². The number of nitrogens with one attached hydrogen (secondary N) is 1. The van der Waals surface area contributed by atoms with Crippen molar-refractivity contribution in [2.45, 2.75) is 13.0 Å². The van der Waals surface area contributed by atoms with Crippen LogP contribution in [0.15, 0.2) is 43.2 Å². The maximum absolute atomic E-state index is 14.5. The Labute approximate surface area is 185 Å². The third-order valence-electron chi connectivity index (χ3n) is 5.65. The summed E-state index contributed by atoms with van der Waals surface area (Å²) in [6.45, 7) is 0.749. The van der Waals surface area contributed by atoms with E-state index in [1.165, 1.54) is 29.4 Å². The normalized spacial score (nSPS) is 12.8. The molecule has 1 amide bonds. The Kier molecular flexibility index (Phi) is 4.18. The van der Waals surface area contributed by atoms with Gasteiger partial charge in [-0.25, -0.2) is 18.9 Å². The summed E-state index contributed by atoms with van der Waals surface area (Å²) >= 11 is 0. The van der Waals surface area contributed by atoms with Crippen LogP contribution in [0.4, 0.5) is 10.3 Å². The Balaban J connectivity index is 1.42. The van der Waals surface area contributed by atoms with Crippen LogP contribution in [0.3, 0.4) is 0 Å². The number of nitrogens with two attached hydrogens (primary N) is 1. The minimum atomic E-state index is -0.598. The second kappa shape index (κ2) is 7.22. The summed E-state index contributed by atoms with van der Waals surface area (Å²) in [4.78, 5) is 20.6. The molecule has 11 nitrogen and oxygen atoms in total. The van der Waals surface area contributed by atoms with E-state index in [0.29, 0.717) is 52.7 Å². The van der Waals surface area contributed by atoms with Gasteiger partial charge in [0.25, 0.3) is 0 Å². The lowest BCUT2D eigenvalue weighted by atomic mass is 10.0. The predicted octanol–water partition coefficient (Wildman–Crippen LogP) is 1.62. The molecule has 0 saturated carbocycles. The summed E-state index contributed by atoms with van der Waals surface area (Å²) in [6, 6.07) is 4.67. The number of benzene rings is 1. The fraction of sp³-hybridized carbons (Fsp3) is 0.143. The number of pyridine rings is 1. The monoisotopic (exact) mass is 445 g/mol. The lowest BCUT2D eigenvalue weighted by molar-refractivity contribution is 0.1000. The molecule has 6 rings (SSSR count). The molecule has 5 heterocycles. The maximum atomic E-state index is 14.5. The fourth-order valence-corrected chi connectivity index (χ4v) is 4.07. The SMILES string of the molecule is NC(=O)c1cc(-c2cnc(NCc3c(F)ccc4c3CCO4)n3cnnc23)c2ncnn2c1. The predicted molar refractivity (Wildman–Crippen MR) is 114 cm³/mol. The number of primary amides is 1. The van der Waals surface area contributed by atoms with Crippen molar-refractivity contribution in [2.24, 2.45) is 5.73 Å². The summed E-state index contributed by atoms with van der Waals surface area (Å²) in [5.74, 6) is 0.232. The van der Waals surface area contributed by atoms with E-state index in [0.717, 1.165) is 5.56 Å². The Morgan fingerprint density at radius 2 is 2.15 bits per heavy atom. The highest BCUT2D eigenvalue weighted by Crippen LogP contribution is 2.31. The third-order valence-corrected chi connectivity index (χ3v) is 5.65. The topological polar surface area (TPSA) is 138 Å². The number of ether oxygens (including phenoxy) is 1. The van der Waals surface area contributed by atoms with Crippen LogP contribution >= 0.6 is 0 Å². The third kappa shape index (κ3) is 3.03. The summed E-state index contributed by atoms with van der Waals surface area (Å²) in [5.41, 5.74) is 9.28. The smallest absolute Gasteiger partial charge is 0.250 e. The number of rotatable bonds is 5. The Bertz CT molecular complexity index is 1560. The number of nitrogens with zero attached hydrogens (tertiary/aromatic N) is 7. The van der Waals surface area contributed by atoms with Crippen LogP contribution in [0.5, 0.6) is 5.75 Å². The Morgan fingerprint density at radius 3 is 3.03 bits per heavy atom. The molecule has 4 aromatic heterocycles. The molecule has 3 N–H and O–H groups in total. The largest absolute Gasteiger partial charge is 0.493 e. The van der Waals surface area contributed by atoms with Crippen molar-refractivity contribution in [2.75, 3.05) is 11.9 Å². The van der Waals surface area contributed by atoms with E-state index in [9.17, 15) is 9.18 Å². The molecule has 164 valence electrons. The second-order valence-electron chi connectivity index (χ2n) is 7.51. The van der Waals surface area contributed by atoms with Crippen molar-refractivity contribution in [3.05, 3.63) is 65.8 Å². The van der Waals surface area contributed by atoms with Gasteiger partial charge in [-0.3, -0.25) is 9.20 Å². The van der Waals surface area contributed by atoms with Gasteiger partial charge in [0.2, 0.25) is 11.9 Å². The van der Waals surface area contributed by atoms with Crippen LogP contribution in [0.25, 0.3) is 22.4 Å². The van der Waals surface area contributed by atoms with Crippen molar-refractivity contribution in [3.63, 3.8) is 0 Å². The highest BCUT2D eigenvalue weighted by molar-refractivity contribution is 5.96. The Morgan fingerprint density at radius 1 is 1.24 bits per heavy atom. The molecule has 0 saturated heterocycles. The van der Waals surface area contributed by atoms with Crippen molar-refractivity contribution < 1.29 is 13.9 Å². The zero-order valence-corrected chi connectivity index (χ0v) is 17.1. The van der Waals surface area contributed by atoms with Gasteiger partial charge in [0.1, 0.15) is 24.2 Å². The zero-order valence-electron chi connectivity index (χ0n) is 17.1. The average molecular weight is 445 g/mol. The molecular weight excluding hydrogens is 429 g/mol. The quantitative estimate of drug-likeness (QED) is 0.416. The first-order valence-corrected chi connectivity index (χ1v) is 10.1. The molecule has 12 heteroatoms. The summed E-state index contributed by atoms with van der Waals surface area (Å²) < 4.78 is 23.2. The summed E-state index contributed by atoms with van der Waals surface area (Å²) in [5, 5.41) is 15.5. The molecule has 0 bridgehead atoms. The lowest BCUT2D eigenvalue weighted by Gasteiger charge is -2.13. The van der Waals surface area contributed by atoms with Crippen LogP contribution in [0.1, 0.15) is 21.5 Å². The summed E-state index contributed by atoms with van der Waals surface area (Å²) in [6.07, 6.45) is 6.64. The number of anilines is 1.